The molecule has 0 saturated heterocycles. The lowest BCUT2D eigenvalue weighted by atomic mass is 10.1. The number of esters is 1. The van der Waals surface area contributed by atoms with E-state index < -0.39 is 11.5 Å². The SMILES string of the molecule is CCOC(=O)c1c(Cl)cc(CC)n(CC(=O)c2cccc(OC)c2)c1=O. The van der Waals surface area contributed by atoms with Gasteiger partial charge in [-0.2, -0.15) is 0 Å². The second kappa shape index (κ2) is 8.67. The second-order valence-corrected chi connectivity index (χ2v) is 5.89. The van der Waals surface area contributed by atoms with E-state index in [1.54, 1.807) is 31.2 Å². The standard InChI is InChI=1S/C19H20ClNO5/c1-4-13-10-15(20)17(19(24)26-5-2)18(23)21(13)11-16(22)12-7-6-8-14(9-12)25-3/h6-10H,4-5,11H2,1-3H3. The number of aromatic nitrogens is 1. The van der Waals surface area contributed by atoms with Crippen molar-refractivity contribution in [1.29, 1.82) is 0 Å². The third-order valence-corrected chi connectivity index (χ3v) is 4.17. The molecule has 0 aliphatic rings. The van der Waals surface area contributed by atoms with Crippen LogP contribution in [0.2, 0.25) is 5.02 Å². The van der Waals surface area contributed by atoms with Crippen LogP contribution in [0, 0.1) is 0 Å². The van der Waals surface area contributed by atoms with Crippen LogP contribution in [0.5, 0.6) is 5.75 Å². The minimum atomic E-state index is -0.798. The van der Waals surface area contributed by atoms with E-state index in [9.17, 15) is 14.4 Å². The molecule has 0 fully saturated rings. The number of carbonyl (C=O) groups excluding carboxylic acids is 2. The highest BCUT2D eigenvalue weighted by atomic mass is 35.5. The third kappa shape index (κ3) is 4.14. The highest BCUT2D eigenvalue weighted by Crippen LogP contribution is 2.18. The molecule has 1 aromatic heterocycles. The molecule has 0 aliphatic carbocycles. The molecular weight excluding hydrogens is 358 g/mol. The summed E-state index contributed by atoms with van der Waals surface area (Å²) >= 11 is 6.09. The van der Waals surface area contributed by atoms with Crippen LogP contribution in [0.15, 0.2) is 35.1 Å². The Morgan fingerprint density at radius 1 is 1.19 bits per heavy atom. The number of aryl methyl sites for hydroxylation is 1. The van der Waals surface area contributed by atoms with Crippen molar-refractivity contribution in [2.75, 3.05) is 13.7 Å². The summed E-state index contributed by atoms with van der Waals surface area (Å²) in [5.41, 5.74) is 0.0726. The molecule has 0 amide bonds. The van der Waals surface area contributed by atoms with E-state index in [1.165, 1.54) is 17.7 Å². The zero-order chi connectivity index (χ0) is 19.3. The molecule has 2 aromatic rings. The summed E-state index contributed by atoms with van der Waals surface area (Å²) < 4.78 is 11.3. The fraction of sp³-hybridized carbons (Fsp3) is 0.316. The van der Waals surface area contributed by atoms with Crippen LogP contribution in [-0.2, 0) is 17.7 Å². The number of ether oxygens (including phenoxy) is 2. The molecule has 7 heteroatoms. The van der Waals surface area contributed by atoms with Gasteiger partial charge in [-0.3, -0.25) is 9.59 Å². The van der Waals surface area contributed by atoms with Gasteiger partial charge in [-0.1, -0.05) is 30.7 Å². The van der Waals surface area contributed by atoms with E-state index in [0.717, 1.165) is 0 Å². The third-order valence-electron chi connectivity index (χ3n) is 3.87. The molecule has 0 spiro atoms. The lowest BCUT2D eigenvalue weighted by Gasteiger charge is -2.14. The Balaban J connectivity index is 2.47. The maximum absolute atomic E-state index is 12.8. The zero-order valence-electron chi connectivity index (χ0n) is 14.9. The minimum Gasteiger partial charge on any atom is -0.497 e. The highest BCUT2D eigenvalue weighted by molar-refractivity contribution is 6.33. The van der Waals surface area contributed by atoms with Crippen molar-refractivity contribution in [3.63, 3.8) is 0 Å². The number of nitrogens with zero attached hydrogens (tertiary/aromatic N) is 1. The molecule has 6 nitrogen and oxygen atoms in total. The molecule has 0 radical (unpaired) electrons. The molecule has 0 saturated carbocycles. The van der Waals surface area contributed by atoms with Crippen molar-refractivity contribution in [2.45, 2.75) is 26.8 Å². The van der Waals surface area contributed by atoms with E-state index >= 15 is 0 Å². The van der Waals surface area contributed by atoms with Gasteiger partial charge in [0.1, 0.15) is 11.3 Å². The molecule has 0 unspecified atom stereocenters. The van der Waals surface area contributed by atoms with Gasteiger partial charge in [0.05, 0.1) is 25.3 Å². The first-order valence-corrected chi connectivity index (χ1v) is 8.57. The molecule has 26 heavy (non-hydrogen) atoms. The molecule has 138 valence electrons. The number of rotatable bonds is 7. The summed E-state index contributed by atoms with van der Waals surface area (Å²) in [5, 5.41) is 0.0235. The quantitative estimate of drug-likeness (QED) is 0.547. The van der Waals surface area contributed by atoms with Crippen molar-refractivity contribution in [3.05, 3.63) is 62.5 Å². The van der Waals surface area contributed by atoms with E-state index in [2.05, 4.69) is 0 Å². The van der Waals surface area contributed by atoms with Gasteiger partial charge in [-0.25, -0.2) is 4.79 Å². The molecule has 0 bridgehead atoms. The van der Waals surface area contributed by atoms with Gasteiger partial charge in [0.2, 0.25) is 0 Å². The first-order valence-electron chi connectivity index (χ1n) is 8.19. The monoisotopic (exact) mass is 377 g/mol. The number of carbonyl (C=O) groups is 2. The number of halogens is 1. The zero-order valence-corrected chi connectivity index (χ0v) is 15.6. The molecule has 1 heterocycles. The predicted octanol–water partition coefficient (Wildman–Crippen LogP) is 3.13. The van der Waals surface area contributed by atoms with Crippen molar-refractivity contribution < 1.29 is 19.1 Å². The average molecular weight is 378 g/mol. The topological polar surface area (TPSA) is 74.6 Å². The largest absolute Gasteiger partial charge is 0.497 e. The summed E-state index contributed by atoms with van der Waals surface area (Å²) in [5.74, 6) is -0.534. The average Bonchev–Trinajstić information content (AvgIpc) is 2.63. The second-order valence-electron chi connectivity index (χ2n) is 5.48. The Bertz CT molecular complexity index is 888. The molecule has 0 atom stereocenters. The summed E-state index contributed by atoms with van der Waals surface area (Å²) in [4.78, 5) is 37.5. The maximum atomic E-state index is 12.8. The van der Waals surface area contributed by atoms with Gasteiger partial charge in [-0.15, -0.1) is 0 Å². The fourth-order valence-corrected chi connectivity index (χ4v) is 2.83. The Hall–Kier alpha value is -2.60. The smallest absolute Gasteiger partial charge is 0.345 e. The van der Waals surface area contributed by atoms with Crippen LogP contribution >= 0.6 is 11.6 Å². The summed E-state index contributed by atoms with van der Waals surface area (Å²) in [6.45, 7) is 3.38. The highest BCUT2D eigenvalue weighted by Gasteiger charge is 2.22. The number of Topliss-reactive ketones (excluding diaryl/α,β-unsaturated/α-hetero) is 1. The van der Waals surface area contributed by atoms with Gasteiger partial charge in [0.15, 0.2) is 5.78 Å². The van der Waals surface area contributed by atoms with Gasteiger partial charge in [0.25, 0.3) is 5.56 Å². The lowest BCUT2D eigenvalue weighted by Crippen LogP contribution is -2.32. The maximum Gasteiger partial charge on any atom is 0.345 e. The van der Waals surface area contributed by atoms with Crippen LogP contribution in [0.1, 0.15) is 40.3 Å². The van der Waals surface area contributed by atoms with Gasteiger partial charge in [0, 0.05) is 11.3 Å². The first kappa shape index (κ1) is 19.7. The van der Waals surface area contributed by atoms with Crippen LogP contribution in [0.25, 0.3) is 0 Å². The predicted molar refractivity (Wildman–Crippen MR) is 98.4 cm³/mol. The number of ketones is 1. The molecule has 0 N–H and O–H groups in total. The number of pyridine rings is 1. The summed E-state index contributed by atoms with van der Waals surface area (Å²) in [6, 6.07) is 8.18. The van der Waals surface area contributed by atoms with Crippen molar-refractivity contribution >= 4 is 23.4 Å². The Morgan fingerprint density at radius 2 is 1.92 bits per heavy atom. The van der Waals surface area contributed by atoms with Gasteiger partial charge >= 0.3 is 5.97 Å². The van der Waals surface area contributed by atoms with Crippen molar-refractivity contribution in [1.82, 2.24) is 4.57 Å². The summed E-state index contributed by atoms with van der Waals surface area (Å²) in [7, 11) is 1.51. The normalized spacial score (nSPS) is 10.5. The Labute approximate surface area is 156 Å². The van der Waals surface area contributed by atoms with Crippen LogP contribution in [-0.4, -0.2) is 30.0 Å². The van der Waals surface area contributed by atoms with Crippen LogP contribution in [0.4, 0.5) is 0 Å². The van der Waals surface area contributed by atoms with Gasteiger partial charge < -0.3 is 14.0 Å². The number of benzene rings is 1. The van der Waals surface area contributed by atoms with E-state index in [-0.39, 0.29) is 29.5 Å². The minimum absolute atomic E-state index is 0.0235. The number of methoxy groups -OCH3 is 1. The summed E-state index contributed by atoms with van der Waals surface area (Å²) in [6.07, 6.45) is 0.476. The molecular formula is C19H20ClNO5. The van der Waals surface area contributed by atoms with E-state index in [0.29, 0.717) is 23.4 Å². The van der Waals surface area contributed by atoms with Crippen molar-refractivity contribution in [2.24, 2.45) is 0 Å². The first-order chi connectivity index (χ1) is 12.4. The lowest BCUT2D eigenvalue weighted by molar-refractivity contribution is 0.0523. The van der Waals surface area contributed by atoms with Crippen molar-refractivity contribution in [3.8, 4) is 5.75 Å². The Kier molecular flexibility index (Phi) is 6.58. The number of hydrogen-bond acceptors (Lipinski definition) is 5. The number of hydrogen-bond donors (Lipinski definition) is 0. The van der Waals surface area contributed by atoms with E-state index in [4.69, 9.17) is 21.1 Å². The molecule has 2 rings (SSSR count). The van der Waals surface area contributed by atoms with E-state index in [1.807, 2.05) is 6.92 Å². The molecule has 1 aromatic carbocycles. The van der Waals surface area contributed by atoms with Crippen LogP contribution in [0.3, 0.4) is 0 Å². The fourth-order valence-electron chi connectivity index (χ4n) is 2.55. The van der Waals surface area contributed by atoms with Crippen LogP contribution < -0.4 is 10.3 Å². The van der Waals surface area contributed by atoms with Gasteiger partial charge in [-0.05, 0) is 31.5 Å². The molecule has 0 aliphatic heterocycles. The Morgan fingerprint density at radius 3 is 2.54 bits per heavy atom.